The molecule has 1 N–H and O–H groups in total. The number of aromatic hydroxyl groups is 1. The quantitative estimate of drug-likeness (QED) is 0.741. The van der Waals surface area contributed by atoms with Crippen molar-refractivity contribution in [2.24, 2.45) is 0 Å². The fourth-order valence-electron chi connectivity index (χ4n) is 1.44. The molecule has 0 bridgehead atoms. The Kier molecular flexibility index (Phi) is 1.96. The molecule has 0 radical (unpaired) electrons. The number of rotatable bonds is 1. The van der Waals surface area contributed by atoms with E-state index >= 15 is 0 Å². The second kappa shape index (κ2) is 3.00. The van der Waals surface area contributed by atoms with Crippen molar-refractivity contribution in [3.63, 3.8) is 0 Å². The predicted molar refractivity (Wildman–Crippen MR) is 52.8 cm³/mol. The summed E-state index contributed by atoms with van der Waals surface area (Å²) in [5.41, 5.74) is 0.750. The van der Waals surface area contributed by atoms with Crippen molar-refractivity contribution in [1.82, 2.24) is 0 Å². The zero-order chi connectivity index (χ0) is 9.42. The Balaban J connectivity index is 2.79. The van der Waals surface area contributed by atoms with Crippen molar-refractivity contribution >= 4 is 21.4 Å². The molecule has 0 aliphatic heterocycles. The molecule has 1 aromatic heterocycles. The zero-order valence-corrected chi connectivity index (χ0v) is 7.99. The van der Waals surface area contributed by atoms with Gasteiger partial charge in [0.2, 0.25) is 0 Å². The van der Waals surface area contributed by atoms with Crippen LogP contribution in [0.25, 0.3) is 10.1 Å². The van der Waals surface area contributed by atoms with Crippen molar-refractivity contribution in [2.45, 2.75) is 13.3 Å². The Bertz CT molecular complexity index is 447. The molecule has 0 unspecified atom stereocenters. The van der Waals surface area contributed by atoms with Crippen molar-refractivity contribution in [2.75, 3.05) is 0 Å². The molecule has 2 aromatic rings. The number of halogens is 1. The van der Waals surface area contributed by atoms with Crippen molar-refractivity contribution in [1.29, 1.82) is 0 Å². The number of hydrogen-bond acceptors (Lipinski definition) is 2. The van der Waals surface area contributed by atoms with E-state index in [2.05, 4.69) is 0 Å². The van der Waals surface area contributed by atoms with Crippen LogP contribution >= 0.6 is 11.3 Å². The highest BCUT2D eigenvalue weighted by molar-refractivity contribution is 7.17. The lowest BCUT2D eigenvalue weighted by atomic mass is 10.1. The third-order valence-corrected chi connectivity index (χ3v) is 3.06. The third-order valence-electron chi connectivity index (χ3n) is 2.08. The molecule has 0 spiro atoms. The van der Waals surface area contributed by atoms with Gasteiger partial charge in [0.25, 0.3) is 0 Å². The molecular formula is C10H9FOS. The standard InChI is InChI=1S/C10H9FOS/c1-2-7-8-4-3-6(12)5-9(8)13-10(7)11/h3-5,12H,2H2,1H3. The molecule has 1 aromatic carbocycles. The summed E-state index contributed by atoms with van der Waals surface area (Å²) in [6, 6.07) is 4.96. The molecular weight excluding hydrogens is 187 g/mol. The molecule has 0 fully saturated rings. The van der Waals surface area contributed by atoms with Crippen LogP contribution in [0.3, 0.4) is 0 Å². The average molecular weight is 196 g/mol. The van der Waals surface area contributed by atoms with Gasteiger partial charge in [-0.05, 0) is 30.0 Å². The molecule has 68 valence electrons. The summed E-state index contributed by atoms with van der Waals surface area (Å²) in [7, 11) is 0. The molecule has 0 aliphatic rings. The minimum Gasteiger partial charge on any atom is -0.508 e. The van der Waals surface area contributed by atoms with Gasteiger partial charge in [-0.1, -0.05) is 6.92 Å². The van der Waals surface area contributed by atoms with Gasteiger partial charge >= 0.3 is 0 Å². The summed E-state index contributed by atoms with van der Waals surface area (Å²) in [6.07, 6.45) is 0.691. The van der Waals surface area contributed by atoms with E-state index < -0.39 is 0 Å². The normalized spacial score (nSPS) is 10.9. The second-order valence-corrected chi connectivity index (χ2v) is 3.89. The van der Waals surface area contributed by atoms with Crippen LogP contribution in [-0.2, 0) is 6.42 Å². The first-order valence-corrected chi connectivity index (χ1v) is 4.94. The van der Waals surface area contributed by atoms with Crippen LogP contribution < -0.4 is 0 Å². The van der Waals surface area contributed by atoms with Gasteiger partial charge in [-0.25, -0.2) is 0 Å². The molecule has 2 rings (SSSR count). The lowest BCUT2D eigenvalue weighted by molar-refractivity contribution is 0.476. The van der Waals surface area contributed by atoms with E-state index in [0.29, 0.717) is 6.42 Å². The summed E-state index contributed by atoms with van der Waals surface area (Å²) in [4.78, 5) is 0. The topological polar surface area (TPSA) is 20.2 Å². The Morgan fingerprint density at radius 3 is 2.92 bits per heavy atom. The summed E-state index contributed by atoms with van der Waals surface area (Å²) in [5, 5.41) is 9.97. The Hall–Kier alpha value is -1.09. The summed E-state index contributed by atoms with van der Waals surface area (Å²) in [6.45, 7) is 1.93. The second-order valence-electron chi connectivity index (χ2n) is 2.89. The van der Waals surface area contributed by atoms with Gasteiger partial charge in [0, 0.05) is 10.3 Å². The molecule has 0 aliphatic carbocycles. The van der Waals surface area contributed by atoms with Crippen molar-refractivity contribution in [3.8, 4) is 5.75 Å². The molecule has 0 atom stereocenters. The number of aryl methyl sites for hydroxylation is 1. The van der Waals surface area contributed by atoms with Gasteiger partial charge in [0.15, 0.2) is 5.13 Å². The SMILES string of the molecule is CCc1c(F)sc2cc(O)ccc12. The number of phenolic OH excluding ortho intramolecular Hbond substituents is 1. The van der Waals surface area contributed by atoms with E-state index in [1.54, 1.807) is 18.2 Å². The lowest BCUT2D eigenvalue weighted by Gasteiger charge is -1.94. The molecule has 1 nitrogen and oxygen atoms in total. The maximum Gasteiger partial charge on any atom is 0.180 e. The molecule has 3 heteroatoms. The van der Waals surface area contributed by atoms with Gasteiger partial charge in [-0.3, -0.25) is 0 Å². The fraction of sp³-hybridized carbons (Fsp3) is 0.200. The van der Waals surface area contributed by atoms with Gasteiger partial charge in [0.1, 0.15) is 5.75 Å². The number of phenols is 1. The first-order chi connectivity index (χ1) is 6.22. The number of thiophene rings is 1. The van der Waals surface area contributed by atoms with Crippen molar-refractivity contribution in [3.05, 3.63) is 28.9 Å². The first kappa shape index (κ1) is 8.51. The maximum atomic E-state index is 13.3. The van der Waals surface area contributed by atoms with Crippen LogP contribution in [0, 0.1) is 5.13 Å². The predicted octanol–water partition coefficient (Wildman–Crippen LogP) is 3.31. The third kappa shape index (κ3) is 1.29. The van der Waals surface area contributed by atoms with E-state index in [4.69, 9.17) is 0 Å². The van der Waals surface area contributed by atoms with Gasteiger partial charge in [-0.2, -0.15) is 4.39 Å². The van der Waals surface area contributed by atoms with Crippen LogP contribution in [0.5, 0.6) is 5.75 Å². The Morgan fingerprint density at radius 1 is 1.46 bits per heavy atom. The molecule has 1 heterocycles. The summed E-state index contributed by atoms with van der Waals surface area (Å²) < 4.78 is 14.1. The highest BCUT2D eigenvalue weighted by Gasteiger charge is 2.09. The van der Waals surface area contributed by atoms with Gasteiger partial charge < -0.3 is 5.11 Å². The molecule has 0 saturated carbocycles. The first-order valence-electron chi connectivity index (χ1n) is 4.12. The van der Waals surface area contributed by atoms with Crippen LogP contribution in [0.15, 0.2) is 18.2 Å². The zero-order valence-electron chi connectivity index (χ0n) is 7.17. The average Bonchev–Trinajstić information content (AvgIpc) is 2.39. The molecule has 13 heavy (non-hydrogen) atoms. The van der Waals surface area contributed by atoms with Crippen LogP contribution in [-0.4, -0.2) is 5.11 Å². The minimum absolute atomic E-state index is 0.136. The monoisotopic (exact) mass is 196 g/mol. The minimum atomic E-state index is -0.136. The van der Waals surface area contributed by atoms with E-state index in [1.165, 1.54) is 0 Å². The highest BCUT2D eigenvalue weighted by atomic mass is 32.1. The van der Waals surface area contributed by atoms with Crippen LogP contribution in [0.2, 0.25) is 0 Å². The van der Waals surface area contributed by atoms with Crippen LogP contribution in [0.1, 0.15) is 12.5 Å². The lowest BCUT2D eigenvalue weighted by Crippen LogP contribution is -1.79. The number of benzene rings is 1. The number of hydrogen-bond donors (Lipinski definition) is 1. The Labute approximate surface area is 79.4 Å². The smallest absolute Gasteiger partial charge is 0.180 e. The van der Waals surface area contributed by atoms with E-state index in [-0.39, 0.29) is 10.9 Å². The summed E-state index contributed by atoms with van der Waals surface area (Å²) >= 11 is 1.09. The fourth-order valence-corrected chi connectivity index (χ4v) is 2.49. The van der Waals surface area contributed by atoms with Gasteiger partial charge in [-0.15, -0.1) is 11.3 Å². The van der Waals surface area contributed by atoms with E-state index in [9.17, 15) is 9.50 Å². The molecule has 0 saturated heterocycles. The van der Waals surface area contributed by atoms with E-state index in [1.807, 2.05) is 6.92 Å². The Morgan fingerprint density at radius 2 is 2.23 bits per heavy atom. The maximum absolute atomic E-state index is 13.3. The number of fused-ring (bicyclic) bond motifs is 1. The van der Waals surface area contributed by atoms with Crippen molar-refractivity contribution < 1.29 is 9.50 Å². The summed E-state index contributed by atoms with van der Waals surface area (Å²) in [5.74, 6) is 0.191. The van der Waals surface area contributed by atoms with Gasteiger partial charge in [0.05, 0.1) is 0 Å². The highest BCUT2D eigenvalue weighted by Crippen LogP contribution is 2.32. The van der Waals surface area contributed by atoms with E-state index in [0.717, 1.165) is 27.0 Å². The van der Waals surface area contributed by atoms with Crippen LogP contribution in [0.4, 0.5) is 4.39 Å². The largest absolute Gasteiger partial charge is 0.508 e. The molecule has 0 amide bonds.